The molecule has 0 atom stereocenters. The van der Waals surface area contributed by atoms with Crippen molar-refractivity contribution >= 4 is 20.4 Å². The molecule has 11 heavy (non-hydrogen) atoms. The Morgan fingerprint density at radius 3 is 1.82 bits per heavy atom. The Morgan fingerprint density at radius 1 is 0.909 bits per heavy atom. The van der Waals surface area contributed by atoms with Crippen LogP contribution in [0.3, 0.4) is 0 Å². The molecule has 0 aliphatic heterocycles. The number of hydrogen-bond donors (Lipinski definition) is 0. The van der Waals surface area contributed by atoms with Crippen molar-refractivity contribution in [3.05, 3.63) is 43.9 Å². The molecular weight excluding hydrogens is 144 g/mol. The van der Waals surface area contributed by atoms with Crippen LogP contribution in [0.1, 0.15) is 12.8 Å². The molecule has 0 aromatic rings. The molecule has 0 fully saturated rings. The summed E-state index contributed by atoms with van der Waals surface area (Å²) >= 11 is -0.0872. The molecule has 0 spiro atoms. The van der Waals surface area contributed by atoms with E-state index in [1.165, 1.54) is 12.8 Å². The number of rotatable bonds is 2. The Kier molecular flexibility index (Phi) is 2.29. The zero-order chi connectivity index (χ0) is 7.52. The van der Waals surface area contributed by atoms with Crippen LogP contribution in [0.15, 0.2) is 43.9 Å². The molecule has 0 unspecified atom stereocenters. The van der Waals surface area contributed by atoms with Gasteiger partial charge in [-0.25, -0.2) is 0 Å². The van der Waals surface area contributed by atoms with Crippen molar-refractivity contribution in [2.45, 2.75) is 12.8 Å². The normalized spacial score (nSPS) is 20.0. The van der Waals surface area contributed by atoms with E-state index in [9.17, 15) is 0 Å². The van der Waals surface area contributed by atoms with Crippen molar-refractivity contribution in [3.8, 4) is 0 Å². The first kappa shape index (κ1) is 7.38. The topological polar surface area (TPSA) is 0 Å². The minimum absolute atomic E-state index is 0.0872. The zero-order valence-corrected chi connectivity index (χ0v) is 8.00. The molecule has 0 bridgehead atoms. The van der Waals surface area contributed by atoms with Crippen LogP contribution < -0.4 is 0 Å². The van der Waals surface area contributed by atoms with Gasteiger partial charge in [0.25, 0.3) is 0 Å². The monoisotopic (exact) mass is 154 g/mol. The molecule has 0 amide bonds. The Morgan fingerprint density at radius 2 is 1.45 bits per heavy atom. The van der Waals surface area contributed by atoms with Gasteiger partial charge >= 0.3 is 20.4 Å². The van der Waals surface area contributed by atoms with Crippen LogP contribution in [0.4, 0.5) is 0 Å². The Labute approximate surface area is 77.1 Å². The minimum atomic E-state index is -0.0872. The third kappa shape index (κ3) is 1.85. The molecule has 2 rings (SSSR count). The maximum Gasteiger partial charge on any atom is 0.449 e. The van der Waals surface area contributed by atoms with Crippen molar-refractivity contribution in [1.82, 2.24) is 0 Å². The first-order valence-corrected chi connectivity index (χ1v) is 5.58. The van der Waals surface area contributed by atoms with Crippen molar-refractivity contribution in [2.75, 3.05) is 0 Å². The van der Waals surface area contributed by atoms with E-state index >= 15 is 0 Å². The second-order valence-corrected chi connectivity index (χ2v) is 5.00. The fourth-order valence-electron chi connectivity index (χ4n) is 1.51. The molecule has 2 aliphatic rings. The summed E-state index contributed by atoms with van der Waals surface area (Å²) in [7, 11) is 0. The lowest BCUT2D eigenvalue weighted by atomic mass is 10.5. The van der Waals surface area contributed by atoms with E-state index in [1.54, 1.807) is 7.40 Å². The van der Waals surface area contributed by atoms with Gasteiger partial charge in [0.2, 0.25) is 0 Å². The summed E-state index contributed by atoms with van der Waals surface area (Å²) in [6.45, 7) is 0. The lowest BCUT2D eigenvalue weighted by molar-refractivity contribution is 1.44. The summed E-state index contributed by atoms with van der Waals surface area (Å²) in [6.07, 6.45) is 16.1. The van der Waals surface area contributed by atoms with Gasteiger partial charge in [0, 0.05) is 0 Å². The second-order valence-electron chi connectivity index (χ2n) is 3.01. The highest BCUT2D eigenvalue weighted by molar-refractivity contribution is 6.56. The van der Waals surface area contributed by atoms with Crippen LogP contribution in [-0.2, 0) is 0 Å². The maximum atomic E-state index is 2.36. The molecule has 1 heteroatoms. The average molecular weight is 154 g/mol. The molecular formula is C10H10Mg. The molecule has 0 saturated heterocycles. The third-order valence-corrected chi connectivity index (χ3v) is 3.97. The summed E-state index contributed by atoms with van der Waals surface area (Å²) in [5.41, 5.74) is 0. The molecule has 0 aromatic carbocycles. The van der Waals surface area contributed by atoms with Crippen LogP contribution in [0.25, 0.3) is 0 Å². The van der Waals surface area contributed by atoms with Crippen LogP contribution in [0.2, 0.25) is 0 Å². The molecule has 2 aliphatic carbocycles. The molecule has 0 heterocycles. The highest BCUT2D eigenvalue weighted by atomic mass is 24.5. The minimum Gasteiger partial charge on any atom is -0.169 e. The lowest BCUT2D eigenvalue weighted by Crippen LogP contribution is -1.93. The Bertz CT molecular complexity index is 239. The van der Waals surface area contributed by atoms with Gasteiger partial charge in [0.15, 0.2) is 0 Å². The first-order valence-electron chi connectivity index (χ1n) is 4.16. The summed E-state index contributed by atoms with van der Waals surface area (Å²) in [5.74, 6) is 0. The molecule has 0 nitrogen and oxygen atoms in total. The molecule has 0 aromatic heterocycles. The standard InChI is InChI=1S/2C5H5.Mg/c2*1-2-4-5-3-1;/h2*1-2,5H,3H2;. The Hall–Kier alpha value is -0.274. The number of allylic oxidation sites excluding steroid dienone is 8. The second kappa shape index (κ2) is 3.42. The molecule has 0 N–H and O–H groups in total. The van der Waals surface area contributed by atoms with E-state index in [4.69, 9.17) is 0 Å². The van der Waals surface area contributed by atoms with Crippen LogP contribution in [0, 0.1) is 0 Å². The zero-order valence-electron chi connectivity index (χ0n) is 6.59. The lowest BCUT2D eigenvalue weighted by Gasteiger charge is -1.94. The van der Waals surface area contributed by atoms with Gasteiger partial charge in [0.1, 0.15) is 0 Å². The smallest absolute Gasteiger partial charge is 0.169 e. The van der Waals surface area contributed by atoms with Crippen molar-refractivity contribution in [3.63, 3.8) is 0 Å². The van der Waals surface area contributed by atoms with E-state index in [2.05, 4.69) is 36.5 Å². The summed E-state index contributed by atoms with van der Waals surface area (Å²) in [4.78, 5) is 0. The van der Waals surface area contributed by atoms with Gasteiger partial charge in [-0.15, -0.1) is 12.2 Å². The number of hydrogen-bond acceptors (Lipinski definition) is 0. The third-order valence-electron chi connectivity index (χ3n) is 2.10. The van der Waals surface area contributed by atoms with Gasteiger partial charge in [-0.3, -0.25) is 0 Å². The van der Waals surface area contributed by atoms with E-state index in [0.29, 0.717) is 0 Å². The largest absolute Gasteiger partial charge is 0.449 e. The van der Waals surface area contributed by atoms with Gasteiger partial charge in [0.05, 0.1) is 0 Å². The van der Waals surface area contributed by atoms with E-state index in [1.807, 2.05) is 0 Å². The SMILES string of the molecule is C1=C[C]([Mg][C]2=CCC=C2)=CC1. The highest BCUT2D eigenvalue weighted by Crippen LogP contribution is 2.14. The summed E-state index contributed by atoms with van der Waals surface area (Å²) in [5, 5.41) is 0. The predicted molar refractivity (Wildman–Crippen MR) is 49.4 cm³/mol. The summed E-state index contributed by atoms with van der Waals surface area (Å²) < 4.78 is 3.23. The van der Waals surface area contributed by atoms with Crippen LogP contribution in [-0.4, -0.2) is 20.4 Å². The predicted octanol–water partition coefficient (Wildman–Crippen LogP) is 2.38. The van der Waals surface area contributed by atoms with Gasteiger partial charge < -0.3 is 0 Å². The Balaban J connectivity index is 1.99. The highest BCUT2D eigenvalue weighted by Gasteiger charge is 2.06. The van der Waals surface area contributed by atoms with E-state index in [-0.39, 0.29) is 20.4 Å². The summed E-state index contributed by atoms with van der Waals surface area (Å²) in [6, 6.07) is 0. The van der Waals surface area contributed by atoms with E-state index in [0.717, 1.165) is 0 Å². The quantitative estimate of drug-likeness (QED) is 0.536. The first-order chi connectivity index (χ1) is 5.45. The van der Waals surface area contributed by atoms with Gasteiger partial charge in [-0.05, 0) is 12.8 Å². The molecule has 0 saturated carbocycles. The van der Waals surface area contributed by atoms with E-state index < -0.39 is 0 Å². The van der Waals surface area contributed by atoms with Crippen LogP contribution >= 0.6 is 0 Å². The molecule has 52 valence electrons. The van der Waals surface area contributed by atoms with Crippen molar-refractivity contribution in [2.24, 2.45) is 0 Å². The van der Waals surface area contributed by atoms with Crippen LogP contribution in [0.5, 0.6) is 0 Å². The fourth-order valence-corrected chi connectivity index (χ4v) is 3.17. The van der Waals surface area contributed by atoms with Gasteiger partial charge in [-0.1, -0.05) is 24.3 Å². The fraction of sp³-hybridized carbons (Fsp3) is 0.200. The van der Waals surface area contributed by atoms with Gasteiger partial charge in [-0.2, -0.15) is 7.40 Å². The van der Waals surface area contributed by atoms with Crippen molar-refractivity contribution in [1.29, 1.82) is 0 Å². The average Bonchev–Trinajstić information content (AvgIpc) is 2.60. The maximum absolute atomic E-state index is 2.36. The molecule has 0 radical (unpaired) electrons. The van der Waals surface area contributed by atoms with Crippen molar-refractivity contribution < 1.29 is 0 Å².